The second-order valence-corrected chi connectivity index (χ2v) is 5.95. The lowest BCUT2D eigenvalue weighted by Gasteiger charge is -2.25. The zero-order valence-corrected chi connectivity index (χ0v) is 13.7. The number of anilines is 2. The second-order valence-electron chi connectivity index (χ2n) is 5.95. The molecule has 0 aliphatic heterocycles. The number of hydrogen-bond acceptors (Lipinski definition) is 3. The van der Waals surface area contributed by atoms with Crippen LogP contribution >= 0.6 is 0 Å². The molecule has 24 heavy (non-hydrogen) atoms. The fraction of sp³-hybridized carbons (Fsp3) is 0.471. The van der Waals surface area contributed by atoms with Gasteiger partial charge in [-0.1, -0.05) is 12.5 Å². The molecule has 0 spiro atoms. The molecule has 2 unspecified atom stereocenters. The minimum absolute atomic E-state index is 0.170. The lowest BCUT2D eigenvalue weighted by molar-refractivity contribution is -0.143. The molecule has 4 N–H and O–H groups in total. The first-order valence-electron chi connectivity index (χ1n) is 8.18. The summed E-state index contributed by atoms with van der Waals surface area (Å²) in [5.41, 5.74) is 1.15. The van der Waals surface area contributed by atoms with Gasteiger partial charge in [0.1, 0.15) is 0 Å². The van der Waals surface area contributed by atoms with Crippen molar-refractivity contribution in [1.82, 2.24) is 5.32 Å². The summed E-state index contributed by atoms with van der Waals surface area (Å²) in [5.74, 6) is -1.74. The largest absolute Gasteiger partial charge is 0.481 e. The highest BCUT2D eigenvalue weighted by Crippen LogP contribution is 2.30. The van der Waals surface area contributed by atoms with Crippen molar-refractivity contribution < 1.29 is 19.5 Å². The van der Waals surface area contributed by atoms with Gasteiger partial charge in [0.25, 0.3) is 0 Å². The number of urea groups is 1. The van der Waals surface area contributed by atoms with E-state index in [2.05, 4.69) is 16.0 Å². The Morgan fingerprint density at radius 3 is 2.46 bits per heavy atom. The minimum Gasteiger partial charge on any atom is -0.481 e. The first-order chi connectivity index (χ1) is 11.5. The Morgan fingerprint density at radius 2 is 1.79 bits per heavy atom. The highest BCUT2D eigenvalue weighted by atomic mass is 16.4. The molecule has 1 aliphatic carbocycles. The normalized spacial score (nSPS) is 20.0. The number of aliphatic carboxylic acids is 1. The van der Waals surface area contributed by atoms with E-state index in [1.807, 2.05) is 6.92 Å². The van der Waals surface area contributed by atoms with Crippen molar-refractivity contribution in [3.05, 3.63) is 24.3 Å². The molecule has 7 nitrogen and oxygen atoms in total. The molecule has 1 aromatic rings. The number of nitrogens with one attached hydrogen (secondary N) is 3. The fourth-order valence-electron chi connectivity index (χ4n) is 2.91. The number of rotatable bonds is 5. The van der Waals surface area contributed by atoms with Gasteiger partial charge in [-0.25, -0.2) is 4.79 Å². The van der Waals surface area contributed by atoms with Crippen molar-refractivity contribution in [2.75, 3.05) is 17.2 Å². The van der Waals surface area contributed by atoms with Gasteiger partial charge >= 0.3 is 12.0 Å². The monoisotopic (exact) mass is 333 g/mol. The molecule has 3 amide bonds. The summed E-state index contributed by atoms with van der Waals surface area (Å²) < 4.78 is 0. The molecule has 0 heterocycles. The van der Waals surface area contributed by atoms with Gasteiger partial charge in [0.05, 0.1) is 5.92 Å². The predicted molar refractivity (Wildman–Crippen MR) is 90.9 cm³/mol. The molecule has 7 heteroatoms. The maximum Gasteiger partial charge on any atom is 0.319 e. The lowest BCUT2D eigenvalue weighted by Crippen LogP contribution is -2.31. The van der Waals surface area contributed by atoms with Crippen LogP contribution in [0.2, 0.25) is 0 Å². The van der Waals surface area contributed by atoms with E-state index in [1.165, 1.54) is 0 Å². The van der Waals surface area contributed by atoms with E-state index >= 15 is 0 Å². The third-order valence-corrected chi connectivity index (χ3v) is 4.12. The van der Waals surface area contributed by atoms with Gasteiger partial charge in [-0.15, -0.1) is 0 Å². The van der Waals surface area contributed by atoms with E-state index in [-0.39, 0.29) is 17.9 Å². The van der Waals surface area contributed by atoms with Crippen molar-refractivity contribution in [2.45, 2.75) is 32.6 Å². The van der Waals surface area contributed by atoms with E-state index in [0.29, 0.717) is 37.2 Å². The molecular formula is C17H23N3O4. The van der Waals surface area contributed by atoms with E-state index in [0.717, 1.165) is 6.42 Å². The van der Waals surface area contributed by atoms with Crippen LogP contribution in [0.3, 0.4) is 0 Å². The van der Waals surface area contributed by atoms with Crippen LogP contribution in [0.5, 0.6) is 0 Å². The molecule has 1 saturated carbocycles. The van der Waals surface area contributed by atoms with Crippen LogP contribution in [0, 0.1) is 11.8 Å². The van der Waals surface area contributed by atoms with E-state index in [1.54, 1.807) is 24.3 Å². The quantitative estimate of drug-likeness (QED) is 0.664. The van der Waals surface area contributed by atoms with Crippen molar-refractivity contribution in [3.63, 3.8) is 0 Å². The van der Waals surface area contributed by atoms with Gasteiger partial charge in [-0.3, -0.25) is 9.59 Å². The fourth-order valence-corrected chi connectivity index (χ4v) is 2.91. The molecule has 1 aromatic carbocycles. The smallest absolute Gasteiger partial charge is 0.319 e. The molecule has 0 bridgehead atoms. The summed E-state index contributed by atoms with van der Waals surface area (Å²) in [4.78, 5) is 35.0. The summed E-state index contributed by atoms with van der Waals surface area (Å²) in [6.45, 7) is 2.35. The number of benzene rings is 1. The zero-order valence-electron chi connectivity index (χ0n) is 13.7. The van der Waals surface area contributed by atoms with Gasteiger partial charge in [0.15, 0.2) is 0 Å². The van der Waals surface area contributed by atoms with Crippen LogP contribution in [0.4, 0.5) is 16.2 Å². The first-order valence-corrected chi connectivity index (χ1v) is 8.18. The Kier molecular flexibility index (Phi) is 6.17. The summed E-state index contributed by atoms with van der Waals surface area (Å²) in [6, 6.07) is 6.56. The molecule has 2 atom stereocenters. The molecule has 130 valence electrons. The Hall–Kier alpha value is -2.57. The average Bonchev–Trinajstić information content (AvgIpc) is 2.55. The first kappa shape index (κ1) is 17.8. The molecule has 2 rings (SSSR count). The zero-order chi connectivity index (χ0) is 17.5. The summed E-state index contributed by atoms with van der Waals surface area (Å²) in [5, 5.41) is 17.2. The predicted octanol–water partition coefficient (Wildman–Crippen LogP) is 2.66. The van der Waals surface area contributed by atoms with E-state index in [4.69, 9.17) is 5.11 Å². The number of amides is 3. The molecule has 1 aliphatic rings. The van der Waals surface area contributed by atoms with Gasteiger partial charge in [-0.2, -0.15) is 0 Å². The maximum atomic E-state index is 12.4. The van der Waals surface area contributed by atoms with Gasteiger partial charge < -0.3 is 21.1 Å². The summed E-state index contributed by atoms with van der Waals surface area (Å²) in [6.07, 6.45) is 2.45. The number of carbonyl (C=O) groups is 3. The third-order valence-electron chi connectivity index (χ3n) is 4.12. The second kappa shape index (κ2) is 8.33. The molecular weight excluding hydrogens is 310 g/mol. The number of hydrogen-bond donors (Lipinski definition) is 4. The Bertz CT molecular complexity index is 618. The SMILES string of the molecule is CCNC(=O)Nc1cccc(NC(=O)C2CCCC(C(=O)O)C2)c1. The topological polar surface area (TPSA) is 108 Å². The van der Waals surface area contributed by atoms with Crippen LogP contribution in [0.1, 0.15) is 32.6 Å². The number of carboxylic acid groups (broad SMARTS) is 1. The van der Waals surface area contributed by atoms with Crippen LogP contribution in [-0.4, -0.2) is 29.6 Å². The molecule has 1 fully saturated rings. The van der Waals surface area contributed by atoms with Crippen LogP contribution < -0.4 is 16.0 Å². The Labute approximate surface area is 140 Å². The lowest BCUT2D eigenvalue weighted by atomic mass is 9.81. The van der Waals surface area contributed by atoms with Crippen molar-refractivity contribution >= 4 is 29.3 Å². The van der Waals surface area contributed by atoms with Gasteiger partial charge in [-0.05, 0) is 44.4 Å². The maximum absolute atomic E-state index is 12.4. The van der Waals surface area contributed by atoms with Gasteiger partial charge in [0, 0.05) is 23.8 Å². The molecule has 0 aromatic heterocycles. The Balaban J connectivity index is 1.96. The minimum atomic E-state index is -0.833. The van der Waals surface area contributed by atoms with Crippen LogP contribution in [-0.2, 0) is 9.59 Å². The third kappa shape index (κ3) is 4.97. The van der Waals surface area contributed by atoms with Crippen LogP contribution in [0.25, 0.3) is 0 Å². The van der Waals surface area contributed by atoms with Crippen molar-refractivity contribution in [3.8, 4) is 0 Å². The summed E-state index contributed by atoms with van der Waals surface area (Å²) in [7, 11) is 0. The van der Waals surface area contributed by atoms with Crippen molar-refractivity contribution in [2.24, 2.45) is 11.8 Å². The van der Waals surface area contributed by atoms with Crippen LogP contribution in [0.15, 0.2) is 24.3 Å². The highest BCUT2D eigenvalue weighted by molar-refractivity contribution is 5.94. The van der Waals surface area contributed by atoms with Gasteiger partial charge in [0.2, 0.25) is 5.91 Å². The Morgan fingerprint density at radius 1 is 1.12 bits per heavy atom. The molecule has 0 radical (unpaired) electrons. The van der Waals surface area contributed by atoms with E-state index < -0.39 is 11.9 Å². The number of carboxylic acids is 1. The molecule has 0 saturated heterocycles. The van der Waals surface area contributed by atoms with Crippen molar-refractivity contribution in [1.29, 1.82) is 0 Å². The summed E-state index contributed by atoms with van der Waals surface area (Å²) >= 11 is 0. The standard InChI is InChI=1S/C17H23N3O4/c1-2-18-17(24)20-14-8-4-7-13(10-14)19-15(21)11-5-3-6-12(9-11)16(22)23/h4,7-8,10-12H,2-3,5-6,9H2,1H3,(H,19,21)(H,22,23)(H2,18,20,24). The average molecular weight is 333 g/mol. The van der Waals surface area contributed by atoms with E-state index in [9.17, 15) is 14.4 Å². The number of carbonyl (C=O) groups excluding carboxylic acids is 2. The highest BCUT2D eigenvalue weighted by Gasteiger charge is 2.31.